The van der Waals surface area contributed by atoms with Crippen molar-refractivity contribution in [2.75, 3.05) is 18.4 Å². The topological polar surface area (TPSA) is 84.2 Å². The van der Waals surface area contributed by atoms with Crippen LogP contribution in [0.4, 0.5) is 11.6 Å². The minimum Gasteiger partial charge on any atom is -0.360 e. The van der Waals surface area contributed by atoms with E-state index in [4.69, 9.17) is 4.52 Å². The van der Waals surface area contributed by atoms with Crippen molar-refractivity contribution in [3.05, 3.63) is 29.4 Å². The molecule has 0 spiro atoms. The molecule has 1 saturated heterocycles. The number of likely N-dealkylation sites (tertiary alicyclic amines) is 1. The van der Waals surface area contributed by atoms with Gasteiger partial charge in [-0.25, -0.2) is 9.97 Å². The van der Waals surface area contributed by atoms with Crippen LogP contribution in [0.1, 0.15) is 36.5 Å². The summed E-state index contributed by atoms with van der Waals surface area (Å²) in [6.45, 7) is 6.81. The number of carbonyl (C=O) groups is 1. The molecule has 2 aromatic heterocycles. The first kappa shape index (κ1) is 14.5. The van der Waals surface area contributed by atoms with Crippen LogP contribution in [0.5, 0.6) is 0 Å². The van der Waals surface area contributed by atoms with Gasteiger partial charge in [0.2, 0.25) is 5.91 Å². The van der Waals surface area contributed by atoms with Crippen LogP contribution >= 0.6 is 0 Å². The largest absolute Gasteiger partial charge is 0.360 e. The molecule has 1 atom stereocenters. The third-order valence-corrected chi connectivity index (χ3v) is 3.75. The number of aromatic nitrogens is 3. The van der Waals surface area contributed by atoms with Crippen molar-refractivity contribution in [2.24, 2.45) is 0 Å². The standard InChI is InChI=1S/C15H19N5O2/c1-9-6-13(17-14-7-10(2)22-19-14)18-15(16-9)12-4-5-20(8-12)11(3)21/h6-7,12H,4-5,8H2,1-3H3,(H,16,17,18,19)/t12-/m1/s1. The van der Waals surface area contributed by atoms with Gasteiger partial charge in [-0.15, -0.1) is 0 Å². The van der Waals surface area contributed by atoms with Crippen LogP contribution in [-0.4, -0.2) is 39.0 Å². The van der Waals surface area contributed by atoms with Gasteiger partial charge in [0.05, 0.1) is 0 Å². The van der Waals surface area contributed by atoms with Gasteiger partial charge in [0.15, 0.2) is 5.82 Å². The molecular formula is C15H19N5O2. The minimum atomic E-state index is 0.103. The minimum absolute atomic E-state index is 0.103. The van der Waals surface area contributed by atoms with Gasteiger partial charge in [0, 0.05) is 43.8 Å². The lowest BCUT2D eigenvalue weighted by Gasteiger charge is -2.14. The summed E-state index contributed by atoms with van der Waals surface area (Å²) in [5, 5.41) is 7.03. The number of rotatable bonds is 3. The van der Waals surface area contributed by atoms with E-state index < -0.39 is 0 Å². The molecule has 7 heteroatoms. The second kappa shape index (κ2) is 5.75. The molecular weight excluding hydrogens is 282 g/mol. The summed E-state index contributed by atoms with van der Waals surface area (Å²) in [4.78, 5) is 22.4. The molecule has 0 radical (unpaired) electrons. The van der Waals surface area contributed by atoms with E-state index in [2.05, 4.69) is 20.4 Å². The summed E-state index contributed by atoms with van der Waals surface area (Å²) in [7, 11) is 0. The molecule has 3 heterocycles. The van der Waals surface area contributed by atoms with Crippen molar-refractivity contribution >= 4 is 17.5 Å². The monoisotopic (exact) mass is 301 g/mol. The predicted octanol–water partition coefficient (Wildman–Crippen LogP) is 2.16. The maximum Gasteiger partial charge on any atom is 0.219 e. The van der Waals surface area contributed by atoms with Crippen molar-refractivity contribution in [1.29, 1.82) is 0 Å². The van der Waals surface area contributed by atoms with Crippen molar-refractivity contribution in [3.63, 3.8) is 0 Å². The van der Waals surface area contributed by atoms with Gasteiger partial charge in [0.1, 0.15) is 17.4 Å². The van der Waals surface area contributed by atoms with E-state index in [9.17, 15) is 4.79 Å². The fraction of sp³-hybridized carbons (Fsp3) is 0.467. The van der Waals surface area contributed by atoms with Crippen molar-refractivity contribution in [3.8, 4) is 0 Å². The van der Waals surface area contributed by atoms with E-state index >= 15 is 0 Å². The van der Waals surface area contributed by atoms with E-state index in [1.54, 1.807) is 6.92 Å². The van der Waals surface area contributed by atoms with Crippen LogP contribution in [0, 0.1) is 13.8 Å². The number of anilines is 2. The first-order valence-electron chi connectivity index (χ1n) is 7.32. The van der Waals surface area contributed by atoms with Gasteiger partial charge < -0.3 is 14.7 Å². The number of aryl methyl sites for hydroxylation is 2. The maximum absolute atomic E-state index is 11.5. The Hall–Kier alpha value is -2.44. The smallest absolute Gasteiger partial charge is 0.219 e. The number of hydrogen-bond acceptors (Lipinski definition) is 6. The zero-order valence-electron chi connectivity index (χ0n) is 13.0. The second-order valence-electron chi connectivity index (χ2n) is 5.65. The first-order chi connectivity index (χ1) is 10.5. The molecule has 0 saturated carbocycles. The molecule has 1 amide bonds. The van der Waals surface area contributed by atoms with Gasteiger partial charge in [-0.1, -0.05) is 5.16 Å². The Morgan fingerprint density at radius 3 is 2.77 bits per heavy atom. The zero-order valence-corrected chi connectivity index (χ0v) is 13.0. The summed E-state index contributed by atoms with van der Waals surface area (Å²) in [5.74, 6) is 3.11. The van der Waals surface area contributed by atoms with E-state index in [0.29, 0.717) is 18.2 Å². The highest BCUT2D eigenvalue weighted by molar-refractivity contribution is 5.73. The third kappa shape index (κ3) is 3.08. The summed E-state index contributed by atoms with van der Waals surface area (Å²) < 4.78 is 5.04. The quantitative estimate of drug-likeness (QED) is 0.935. The number of hydrogen-bond donors (Lipinski definition) is 1. The molecule has 116 valence electrons. The lowest BCUT2D eigenvalue weighted by Crippen LogP contribution is -2.25. The summed E-state index contributed by atoms with van der Waals surface area (Å²) >= 11 is 0. The van der Waals surface area contributed by atoms with Crippen molar-refractivity contribution in [2.45, 2.75) is 33.1 Å². The fourth-order valence-electron chi connectivity index (χ4n) is 2.65. The van der Waals surface area contributed by atoms with Gasteiger partial charge >= 0.3 is 0 Å². The van der Waals surface area contributed by atoms with Crippen molar-refractivity contribution in [1.82, 2.24) is 20.0 Å². The maximum atomic E-state index is 11.5. The Morgan fingerprint density at radius 1 is 1.32 bits per heavy atom. The van der Waals surface area contributed by atoms with Crippen LogP contribution in [0.15, 0.2) is 16.7 Å². The molecule has 0 unspecified atom stereocenters. The Bertz CT molecular complexity index is 697. The van der Waals surface area contributed by atoms with E-state index in [1.807, 2.05) is 30.9 Å². The second-order valence-corrected chi connectivity index (χ2v) is 5.65. The van der Waals surface area contributed by atoms with E-state index in [1.165, 1.54) is 0 Å². The summed E-state index contributed by atoms with van der Waals surface area (Å²) in [6, 6.07) is 3.68. The predicted molar refractivity (Wildman–Crippen MR) is 80.9 cm³/mol. The van der Waals surface area contributed by atoms with E-state index in [-0.39, 0.29) is 11.8 Å². The fourth-order valence-corrected chi connectivity index (χ4v) is 2.65. The molecule has 0 aromatic carbocycles. The van der Waals surface area contributed by atoms with Crippen LogP contribution in [-0.2, 0) is 4.79 Å². The first-order valence-corrected chi connectivity index (χ1v) is 7.32. The number of carbonyl (C=O) groups excluding carboxylic acids is 1. The Morgan fingerprint density at radius 2 is 2.14 bits per heavy atom. The number of nitrogens with one attached hydrogen (secondary N) is 1. The SMILES string of the molecule is CC(=O)N1CC[C@@H](c2nc(C)cc(Nc3cc(C)on3)n2)C1. The molecule has 7 nitrogen and oxygen atoms in total. The van der Waals surface area contributed by atoms with Gasteiger partial charge in [-0.2, -0.15) is 0 Å². The highest BCUT2D eigenvalue weighted by Crippen LogP contribution is 2.26. The van der Waals surface area contributed by atoms with Gasteiger partial charge in [-0.05, 0) is 20.3 Å². The third-order valence-electron chi connectivity index (χ3n) is 3.75. The van der Waals surface area contributed by atoms with Crippen LogP contribution in [0.3, 0.4) is 0 Å². The van der Waals surface area contributed by atoms with Gasteiger partial charge in [-0.3, -0.25) is 4.79 Å². The van der Waals surface area contributed by atoms with Crippen LogP contribution in [0.25, 0.3) is 0 Å². The average molecular weight is 301 g/mol. The molecule has 2 aromatic rings. The molecule has 1 N–H and O–H groups in total. The van der Waals surface area contributed by atoms with Crippen LogP contribution < -0.4 is 5.32 Å². The van der Waals surface area contributed by atoms with Crippen molar-refractivity contribution < 1.29 is 9.32 Å². The average Bonchev–Trinajstić information content (AvgIpc) is 3.07. The summed E-state index contributed by atoms with van der Waals surface area (Å²) in [6.07, 6.45) is 0.894. The number of amides is 1. The van der Waals surface area contributed by atoms with Gasteiger partial charge in [0.25, 0.3) is 0 Å². The lowest BCUT2D eigenvalue weighted by molar-refractivity contribution is -0.127. The number of nitrogens with zero attached hydrogens (tertiary/aromatic N) is 4. The Labute approximate surface area is 128 Å². The molecule has 3 rings (SSSR count). The Kier molecular flexibility index (Phi) is 3.79. The normalized spacial score (nSPS) is 17.8. The van der Waals surface area contributed by atoms with Crippen LogP contribution in [0.2, 0.25) is 0 Å². The lowest BCUT2D eigenvalue weighted by atomic mass is 10.1. The van der Waals surface area contributed by atoms with E-state index in [0.717, 1.165) is 30.2 Å². The highest BCUT2D eigenvalue weighted by Gasteiger charge is 2.27. The highest BCUT2D eigenvalue weighted by atomic mass is 16.5. The molecule has 22 heavy (non-hydrogen) atoms. The molecule has 0 bridgehead atoms. The molecule has 1 aliphatic rings. The zero-order chi connectivity index (χ0) is 15.7. The molecule has 1 fully saturated rings. The molecule has 0 aliphatic carbocycles. The molecule has 1 aliphatic heterocycles. The Balaban J connectivity index is 1.79. The summed E-state index contributed by atoms with van der Waals surface area (Å²) in [5.41, 5.74) is 0.883.